The zero-order valence-electron chi connectivity index (χ0n) is 16.3. The highest BCUT2D eigenvalue weighted by atomic mass is 35.5. The van der Waals surface area contributed by atoms with Crippen molar-refractivity contribution in [2.24, 2.45) is 7.05 Å². The summed E-state index contributed by atoms with van der Waals surface area (Å²) in [6, 6.07) is 13.0. The van der Waals surface area contributed by atoms with E-state index in [4.69, 9.17) is 16.3 Å². The van der Waals surface area contributed by atoms with Gasteiger partial charge in [0.05, 0.1) is 5.25 Å². The van der Waals surface area contributed by atoms with Gasteiger partial charge in [0, 0.05) is 17.6 Å². The van der Waals surface area contributed by atoms with E-state index in [2.05, 4.69) is 10.2 Å². The number of thioether (sulfide) groups is 1. The summed E-state index contributed by atoms with van der Waals surface area (Å²) in [4.78, 5) is 12.8. The van der Waals surface area contributed by atoms with Crippen LogP contribution >= 0.6 is 23.4 Å². The zero-order chi connectivity index (χ0) is 20.3. The standard InChI is InChI=1S/C21H22ClN3O2S/c1-13-5-6-16(11-14(13)2)20(26)15(3)28-21-24-23-19(25(21)4)12-27-18-9-7-17(22)8-10-18/h5-11,15H,12H2,1-4H3. The SMILES string of the molecule is Cc1ccc(C(=O)C(C)Sc2nnc(COc3ccc(Cl)cc3)n2C)cc1C. The second-order valence-corrected chi connectivity index (χ2v) is 8.37. The predicted molar refractivity (Wildman–Crippen MR) is 112 cm³/mol. The number of nitrogens with zero attached hydrogens (tertiary/aromatic N) is 3. The lowest BCUT2D eigenvalue weighted by Gasteiger charge is -2.11. The molecule has 28 heavy (non-hydrogen) atoms. The predicted octanol–water partition coefficient (Wildman–Crippen LogP) is 5.03. The number of aryl methyl sites for hydroxylation is 2. The summed E-state index contributed by atoms with van der Waals surface area (Å²) in [6.07, 6.45) is 0. The van der Waals surface area contributed by atoms with Crippen molar-refractivity contribution in [2.45, 2.75) is 37.8 Å². The smallest absolute Gasteiger partial charge is 0.191 e. The Bertz CT molecular complexity index is 986. The number of hydrogen-bond donors (Lipinski definition) is 0. The molecule has 0 saturated carbocycles. The molecule has 3 aromatic rings. The average Bonchev–Trinajstić information content (AvgIpc) is 3.02. The largest absolute Gasteiger partial charge is 0.486 e. The number of carbonyl (C=O) groups is 1. The maximum Gasteiger partial charge on any atom is 0.191 e. The van der Waals surface area contributed by atoms with E-state index >= 15 is 0 Å². The van der Waals surface area contributed by atoms with E-state index in [-0.39, 0.29) is 17.6 Å². The molecule has 0 fully saturated rings. The van der Waals surface area contributed by atoms with E-state index in [9.17, 15) is 4.79 Å². The zero-order valence-corrected chi connectivity index (χ0v) is 17.8. The Kier molecular flexibility index (Phi) is 6.42. The van der Waals surface area contributed by atoms with E-state index in [0.717, 1.165) is 11.1 Å². The van der Waals surface area contributed by atoms with E-state index in [1.807, 2.05) is 50.6 Å². The van der Waals surface area contributed by atoms with Gasteiger partial charge in [0.2, 0.25) is 0 Å². The van der Waals surface area contributed by atoms with E-state index < -0.39 is 0 Å². The lowest BCUT2D eigenvalue weighted by Crippen LogP contribution is -2.15. The third kappa shape index (κ3) is 4.75. The highest BCUT2D eigenvalue weighted by Gasteiger charge is 2.20. The summed E-state index contributed by atoms with van der Waals surface area (Å²) in [5, 5.41) is 9.47. The summed E-state index contributed by atoms with van der Waals surface area (Å²) < 4.78 is 7.58. The number of benzene rings is 2. The number of ketones is 1. The minimum Gasteiger partial charge on any atom is -0.486 e. The van der Waals surface area contributed by atoms with E-state index in [0.29, 0.717) is 21.8 Å². The van der Waals surface area contributed by atoms with Crippen molar-refractivity contribution in [3.05, 3.63) is 70.0 Å². The fraction of sp³-hybridized carbons (Fsp3) is 0.286. The normalized spacial score (nSPS) is 12.0. The van der Waals surface area contributed by atoms with Gasteiger partial charge in [-0.1, -0.05) is 35.5 Å². The molecule has 146 valence electrons. The van der Waals surface area contributed by atoms with Crippen LogP contribution in [0.2, 0.25) is 5.02 Å². The summed E-state index contributed by atoms with van der Waals surface area (Å²) in [5.74, 6) is 1.47. The van der Waals surface area contributed by atoms with Gasteiger partial charge in [-0.2, -0.15) is 0 Å². The number of Topliss-reactive ketones (excluding diaryl/α,β-unsaturated/α-hetero) is 1. The topological polar surface area (TPSA) is 57.0 Å². The monoisotopic (exact) mass is 415 g/mol. The highest BCUT2D eigenvalue weighted by Crippen LogP contribution is 2.25. The first-order valence-electron chi connectivity index (χ1n) is 8.90. The molecule has 1 aromatic heterocycles. The minimum absolute atomic E-state index is 0.0788. The van der Waals surface area contributed by atoms with Gasteiger partial charge in [0.25, 0.3) is 0 Å². The van der Waals surface area contributed by atoms with Crippen LogP contribution in [0.3, 0.4) is 0 Å². The lowest BCUT2D eigenvalue weighted by atomic mass is 10.0. The first-order chi connectivity index (χ1) is 13.3. The fourth-order valence-corrected chi connectivity index (χ4v) is 3.63. The number of hydrogen-bond acceptors (Lipinski definition) is 5. The van der Waals surface area contributed by atoms with Crippen LogP contribution in [-0.4, -0.2) is 25.8 Å². The first-order valence-corrected chi connectivity index (χ1v) is 10.2. The van der Waals surface area contributed by atoms with Crippen LogP contribution in [-0.2, 0) is 13.7 Å². The Balaban J connectivity index is 1.65. The van der Waals surface area contributed by atoms with Gasteiger partial charge < -0.3 is 9.30 Å². The maximum atomic E-state index is 12.8. The molecule has 3 rings (SSSR count). The van der Waals surface area contributed by atoms with Crippen LogP contribution in [0, 0.1) is 13.8 Å². The molecule has 1 heterocycles. The highest BCUT2D eigenvalue weighted by molar-refractivity contribution is 8.00. The van der Waals surface area contributed by atoms with Crippen LogP contribution in [0.15, 0.2) is 47.6 Å². The van der Waals surface area contributed by atoms with Crippen molar-refractivity contribution in [1.29, 1.82) is 0 Å². The van der Waals surface area contributed by atoms with Gasteiger partial charge in [-0.25, -0.2) is 0 Å². The summed E-state index contributed by atoms with van der Waals surface area (Å²) in [6.45, 7) is 6.22. The molecular weight excluding hydrogens is 394 g/mol. The molecule has 0 spiro atoms. The van der Waals surface area contributed by atoms with E-state index in [1.54, 1.807) is 24.3 Å². The second kappa shape index (κ2) is 8.80. The number of rotatable bonds is 7. The summed E-state index contributed by atoms with van der Waals surface area (Å²) in [7, 11) is 1.87. The fourth-order valence-electron chi connectivity index (χ4n) is 2.59. The molecular formula is C21H22ClN3O2S. The van der Waals surface area contributed by atoms with Crippen molar-refractivity contribution in [3.63, 3.8) is 0 Å². The molecule has 0 radical (unpaired) electrons. The van der Waals surface area contributed by atoms with Crippen LogP contribution in [0.25, 0.3) is 0 Å². The molecule has 1 atom stereocenters. The van der Waals surface area contributed by atoms with Crippen molar-refractivity contribution >= 4 is 29.1 Å². The Labute approximate surface area is 174 Å². The third-order valence-corrected chi connectivity index (χ3v) is 5.94. The van der Waals surface area contributed by atoms with Gasteiger partial charge in [-0.05, 0) is 62.2 Å². The quantitative estimate of drug-likeness (QED) is 0.400. The number of aromatic nitrogens is 3. The Morgan fingerprint density at radius 3 is 2.54 bits per heavy atom. The third-order valence-electron chi connectivity index (χ3n) is 4.55. The molecule has 0 N–H and O–H groups in total. The summed E-state index contributed by atoms with van der Waals surface area (Å²) >= 11 is 7.27. The Morgan fingerprint density at radius 2 is 1.86 bits per heavy atom. The van der Waals surface area contributed by atoms with Gasteiger partial charge >= 0.3 is 0 Å². The minimum atomic E-state index is -0.268. The van der Waals surface area contributed by atoms with Crippen molar-refractivity contribution in [2.75, 3.05) is 0 Å². The number of carbonyl (C=O) groups excluding carboxylic acids is 1. The molecule has 7 heteroatoms. The molecule has 0 bridgehead atoms. The van der Waals surface area contributed by atoms with Crippen molar-refractivity contribution in [3.8, 4) is 5.75 Å². The molecule has 0 aliphatic heterocycles. The van der Waals surface area contributed by atoms with E-state index in [1.165, 1.54) is 17.3 Å². The Morgan fingerprint density at radius 1 is 1.14 bits per heavy atom. The molecule has 5 nitrogen and oxygen atoms in total. The second-order valence-electron chi connectivity index (χ2n) is 6.62. The molecule has 1 unspecified atom stereocenters. The van der Waals surface area contributed by atoms with Crippen LogP contribution in [0.5, 0.6) is 5.75 Å². The molecule has 0 saturated heterocycles. The van der Waals surface area contributed by atoms with Gasteiger partial charge in [-0.15, -0.1) is 10.2 Å². The molecule has 0 aliphatic rings. The number of ether oxygens (including phenoxy) is 1. The van der Waals surface area contributed by atoms with Gasteiger partial charge in [0.1, 0.15) is 12.4 Å². The maximum absolute atomic E-state index is 12.8. The van der Waals surface area contributed by atoms with Gasteiger partial charge in [0.15, 0.2) is 16.8 Å². The van der Waals surface area contributed by atoms with Crippen LogP contribution in [0.4, 0.5) is 0 Å². The van der Waals surface area contributed by atoms with Gasteiger partial charge in [-0.3, -0.25) is 4.79 Å². The molecule has 0 amide bonds. The molecule has 2 aromatic carbocycles. The van der Waals surface area contributed by atoms with Crippen LogP contribution < -0.4 is 4.74 Å². The van der Waals surface area contributed by atoms with Crippen molar-refractivity contribution < 1.29 is 9.53 Å². The first kappa shape index (κ1) is 20.4. The average molecular weight is 416 g/mol. The van der Waals surface area contributed by atoms with Crippen LogP contribution in [0.1, 0.15) is 34.2 Å². The lowest BCUT2D eigenvalue weighted by molar-refractivity contribution is 0.0993. The number of halogens is 1. The summed E-state index contributed by atoms with van der Waals surface area (Å²) in [5.41, 5.74) is 3.01. The Hall–Kier alpha value is -2.31. The molecule has 0 aliphatic carbocycles. The van der Waals surface area contributed by atoms with Crippen molar-refractivity contribution in [1.82, 2.24) is 14.8 Å².